The van der Waals surface area contributed by atoms with Gasteiger partial charge >= 0.3 is 0 Å². The zero-order chi connectivity index (χ0) is 14.9. The first-order chi connectivity index (χ1) is 9.38. The largest absolute Gasteiger partial charge is 0.206 e. The van der Waals surface area contributed by atoms with Gasteiger partial charge in [-0.05, 0) is 43.2 Å². The maximum Gasteiger partial charge on any atom is 0.194 e. The zero-order valence-electron chi connectivity index (χ0n) is 10.8. The first-order valence-electron chi connectivity index (χ1n) is 5.82. The number of hydrogen-bond donors (Lipinski definition) is 0. The Morgan fingerprint density at radius 3 is 1.90 bits per heavy atom. The molecule has 0 spiro atoms. The summed E-state index contributed by atoms with van der Waals surface area (Å²) < 4.78 is 52.6. The predicted molar refractivity (Wildman–Crippen MR) is 68.2 cm³/mol. The molecule has 20 heavy (non-hydrogen) atoms. The third kappa shape index (κ3) is 2.83. The maximum absolute atomic E-state index is 13.7. The van der Waals surface area contributed by atoms with E-state index in [9.17, 15) is 17.6 Å². The first-order valence-corrected chi connectivity index (χ1v) is 5.82. The monoisotopic (exact) mass is 278 g/mol. The topological polar surface area (TPSA) is 0 Å². The molecular formula is C16H10F4. The molecule has 0 aliphatic rings. The summed E-state index contributed by atoms with van der Waals surface area (Å²) in [6.07, 6.45) is 0. The molecule has 0 N–H and O–H groups in total. The molecule has 0 nitrogen and oxygen atoms in total. The fourth-order valence-corrected chi connectivity index (χ4v) is 1.84. The lowest BCUT2D eigenvalue weighted by Gasteiger charge is -2.02. The molecule has 102 valence electrons. The minimum Gasteiger partial charge on any atom is -0.206 e. The molecule has 2 aromatic rings. The summed E-state index contributed by atoms with van der Waals surface area (Å²) in [4.78, 5) is 0. The van der Waals surface area contributed by atoms with Crippen molar-refractivity contribution in [3.8, 4) is 11.8 Å². The molecule has 0 fully saturated rings. The summed E-state index contributed by atoms with van der Waals surface area (Å²) >= 11 is 0. The first kappa shape index (κ1) is 14.1. The van der Waals surface area contributed by atoms with E-state index < -0.39 is 23.3 Å². The van der Waals surface area contributed by atoms with Crippen molar-refractivity contribution in [1.29, 1.82) is 0 Å². The molecule has 2 rings (SSSR count). The van der Waals surface area contributed by atoms with Crippen LogP contribution in [0, 0.1) is 49.0 Å². The quantitative estimate of drug-likeness (QED) is 0.384. The van der Waals surface area contributed by atoms with Gasteiger partial charge in [0.05, 0.1) is 5.56 Å². The van der Waals surface area contributed by atoms with E-state index in [4.69, 9.17) is 0 Å². The zero-order valence-corrected chi connectivity index (χ0v) is 10.8. The van der Waals surface area contributed by atoms with Gasteiger partial charge in [-0.25, -0.2) is 17.6 Å². The van der Waals surface area contributed by atoms with Crippen LogP contribution in [0.5, 0.6) is 0 Å². The second kappa shape index (κ2) is 5.38. The highest BCUT2D eigenvalue weighted by molar-refractivity contribution is 5.48. The van der Waals surface area contributed by atoms with Crippen molar-refractivity contribution in [2.75, 3.05) is 0 Å². The second-order valence-electron chi connectivity index (χ2n) is 4.44. The van der Waals surface area contributed by atoms with Crippen LogP contribution in [0.4, 0.5) is 17.6 Å². The van der Waals surface area contributed by atoms with Gasteiger partial charge in [0, 0.05) is 5.56 Å². The summed E-state index contributed by atoms with van der Waals surface area (Å²) in [7, 11) is 0. The third-order valence-corrected chi connectivity index (χ3v) is 2.75. The fourth-order valence-electron chi connectivity index (χ4n) is 1.84. The van der Waals surface area contributed by atoms with Gasteiger partial charge in [-0.3, -0.25) is 0 Å². The second-order valence-corrected chi connectivity index (χ2v) is 4.44. The predicted octanol–water partition coefficient (Wildman–Crippen LogP) is 4.26. The molecule has 0 aromatic heterocycles. The maximum atomic E-state index is 13.7. The lowest BCUT2D eigenvalue weighted by Crippen LogP contribution is -1.93. The van der Waals surface area contributed by atoms with Crippen molar-refractivity contribution >= 4 is 0 Å². The number of halogens is 4. The van der Waals surface area contributed by atoms with Crippen LogP contribution in [0.1, 0.15) is 22.3 Å². The Bertz CT molecular complexity index is 690. The molecule has 0 radical (unpaired) electrons. The molecule has 0 aliphatic heterocycles. The van der Waals surface area contributed by atoms with Gasteiger partial charge in [-0.15, -0.1) is 0 Å². The molecule has 0 unspecified atom stereocenters. The van der Waals surface area contributed by atoms with E-state index in [-0.39, 0.29) is 11.1 Å². The summed E-state index contributed by atoms with van der Waals surface area (Å²) in [6.45, 7) is 3.43. The van der Waals surface area contributed by atoms with Gasteiger partial charge in [0.15, 0.2) is 17.5 Å². The van der Waals surface area contributed by atoms with E-state index in [1.54, 1.807) is 19.9 Å². The van der Waals surface area contributed by atoms with E-state index in [1.807, 2.05) is 0 Å². The molecule has 0 aliphatic carbocycles. The Morgan fingerprint density at radius 2 is 1.35 bits per heavy atom. The summed E-state index contributed by atoms with van der Waals surface area (Å²) in [5.74, 6) is 0.255. The highest BCUT2D eigenvalue weighted by Crippen LogP contribution is 2.16. The minimum absolute atomic E-state index is 0.0548. The van der Waals surface area contributed by atoms with Crippen LogP contribution >= 0.6 is 0 Å². The fraction of sp³-hybridized carbons (Fsp3) is 0.125. The SMILES string of the molecule is Cc1cc(C)c(C#Cc2cc(F)c(F)c(F)c2)c(F)c1. The molecule has 0 amide bonds. The van der Waals surface area contributed by atoms with Crippen molar-refractivity contribution in [2.45, 2.75) is 13.8 Å². The van der Waals surface area contributed by atoms with Crippen molar-refractivity contribution in [3.63, 3.8) is 0 Å². The normalized spacial score (nSPS) is 10.1. The molecule has 0 bridgehead atoms. The molecule has 0 saturated heterocycles. The lowest BCUT2D eigenvalue weighted by molar-refractivity contribution is 0.446. The third-order valence-electron chi connectivity index (χ3n) is 2.75. The lowest BCUT2D eigenvalue weighted by atomic mass is 10.0. The Hall–Kier alpha value is -2.28. The van der Waals surface area contributed by atoms with Gasteiger partial charge in [0.25, 0.3) is 0 Å². The standard InChI is InChI=1S/C16H10F4/c1-9-5-10(2)12(13(17)6-9)4-3-11-7-14(18)16(20)15(19)8-11/h5-8H,1-2H3. The van der Waals surface area contributed by atoms with Crippen molar-refractivity contribution in [3.05, 3.63) is 69.8 Å². The Kier molecular flexibility index (Phi) is 3.80. The van der Waals surface area contributed by atoms with Crippen molar-refractivity contribution in [1.82, 2.24) is 0 Å². The molecular weight excluding hydrogens is 268 g/mol. The van der Waals surface area contributed by atoms with Crippen LogP contribution in [0.15, 0.2) is 24.3 Å². The molecule has 0 heterocycles. The molecule has 4 heteroatoms. The molecule has 0 saturated carbocycles. The highest BCUT2D eigenvalue weighted by atomic mass is 19.2. The summed E-state index contributed by atoms with van der Waals surface area (Å²) in [5.41, 5.74) is 1.48. The van der Waals surface area contributed by atoms with Crippen LogP contribution < -0.4 is 0 Å². The van der Waals surface area contributed by atoms with Crippen LogP contribution in [-0.4, -0.2) is 0 Å². The van der Waals surface area contributed by atoms with E-state index in [0.29, 0.717) is 5.56 Å². The summed E-state index contributed by atoms with van der Waals surface area (Å²) in [5, 5.41) is 0. The Morgan fingerprint density at radius 1 is 0.750 bits per heavy atom. The van der Waals surface area contributed by atoms with E-state index in [1.165, 1.54) is 6.07 Å². The van der Waals surface area contributed by atoms with Crippen LogP contribution in [0.25, 0.3) is 0 Å². The smallest absolute Gasteiger partial charge is 0.194 e. The van der Waals surface area contributed by atoms with E-state index in [0.717, 1.165) is 17.7 Å². The van der Waals surface area contributed by atoms with Gasteiger partial charge < -0.3 is 0 Å². The number of aryl methyl sites for hydroxylation is 2. The number of benzene rings is 2. The average molecular weight is 278 g/mol. The number of hydrogen-bond acceptors (Lipinski definition) is 0. The van der Waals surface area contributed by atoms with Crippen LogP contribution in [0.2, 0.25) is 0 Å². The van der Waals surface area contributed by atoms with Gasteiger partial charge in [-0.1, -0.05) is 17.9 Å². The van der Waals surface area contributed by atoms with Crippen LogP contribution in [-0.2, 0) is 0 Å². The van der Waals surface area contributed by atoms with Crippen LogP contribution in [0.3, 0.4) is 0 Å². The van der Waals surface area contributed by atoms with Crippen molar-refractivity contribution in [2.24, 2.45) is 0 Å². The van der Waals surface area contributed by atoms with Gasteiger partial charge in [0.1, 0.15) is 5.82 Å². The molecule has 0 atom stereocenters. The van der Waals surface area contributed by atoms with Gasteiger partial charge in [0.2, 0.25) is 0 Å². The van der Waals surface area contributed by atoms with E-state index >= 15 is 0 Å². The van der Waals surface area contributed by atoms with E-state index in [2.05, 4.69) is 11.8 Å². The average Bonchev–Trinajstić information content (AvgIpc) is 2.34. The van der Waals surface area contributed by atoms with Gasteiger partial charge in [-0.2, -0.15) is 0 Å². The summed E-state index contributed by atoms with van der Waals surface area (Å²) in [6, 6.07) is 4.61. The Balaban J connectivity index is 2.47. The van der Waals surface area contributed by atoms with Crippen molar-refractivity contribution < 1.29 is 17.6 Å². The highest BCUT2D eigenvalue weighted by Gasteiger charge is 2.09. The number of rotatable bonds is 0. The molecule has 2 aromatic carbocycles. The Labute approximate surface area is 114 Å². The minimum atomic E-state index is -1.55.